The second-order valence-electron chi connectivity index (χ2n) is 5.08. The fraction of sp³-hybridized carbons (Fsp3) is 0.267. The molecule has 0 aliphatic carbocycles. The van der Waals surface area contributed by atoms with Gasteiger partial charge in [-0.25, -0.2) is 4.98 Å². The lowest BCUT2D eigenvalue weighted by Gasteiger charge is -2.19. The molecule has 1 amide bonds. The third kappa shape index (κ3) is 3.80. The van der Waals surface area contributed by atoms with Crippen LogP contribution in [0, 0.1) is 0 Å². The van der Waals surface area contributed by atoms with E-state index >= 15 is 0 Å². The third-order valence-corrected chi connectivity index (χ3v) is 4.19. The van der Waals surface area contributed by atoms with Crippen LogP contribution in [0.15, 0.2) is 34.2 Å². The maximum atomic E-state index is 12.3. The Balaban J connectivity index is 1.66. The number of amides is 1. The molecule has 9 heteroatoms. The zero-order valence-corrected chi connectivity index (χ0v) is 13.7. The van der Waals surface area contributed by atoms with E-state index in [4.69, 9.17) is 15.2 Å². The summed E-state index contributed by atoms with van der Waals surface area (Å²) in [4.78, 5) is 30.2. The maximum absolute atomic E-state index is 12.3. The van der Waals surface area contributed by atoms with E-state index < -0.39 is 5.25 Å². The number of thioether (sulfide) groups is 1. The number of rotatable bonds is 4. The third-order valence-electron chi connectivity index (χ3n) is 3.21. The van der Waals surface area contributed by atoms with Gasteiger partial charge in [-0.15, -0.1) is 0 Å². The molecule has 0 bridgehead atoms. The van der Waals surface area contributed by atoms with Crippen molar-refractivity contribution in [2.75, 3.05) is 24.3 Å². The standard InChI is InChI=1S/C15H16N4O4S/c1-8(24-15-18-12(16)7-13(20)19-15)14(21)17-9-2-3-10-11(6-9)23-5-4-22-10/h2-3,6-8H,4-5H2,1H3,(H,17,21)(H3,16,18,19,20). The molecule has 4 N–H and O–H groups in total. The fourth-order valence-electron chi connectivity index (χ4n) is 2.10. The van der Waals surface area contributed by atoms with Crippen LogP contribution in [0.5, 0.6) is 11.5 Å². The predicted octanol–water partition coefficient (Wildman–Crippen LogP) is 1.24. The van der Waals surface area contributed by atoms with E-state index in [-0.39, 0.29) is 17.3 Å². The van der Waals surface area contributed by atoms with Crippen LogP contribution < -0.4 is 26.1 Å². The van der Waals surface area contributed by atoms with Crippen LogP contribution in [-0.2, 0) is 4.79 Å². The Hall–Kier alpha value is -2.68. The summed E-state index contributed by atoms with van der Waals surface area (Å²) >= 11 is 1.11. The first-order valence-corrected chi connectivity index (χ1v) is 8.13. The molecule has 0 spiro atoms. The van der Waals surface area contributed by atoms with E-state index in [0.717, 1.165) is 11.8 Å². The lowest BCUT2D eigenvalue weighted by molar-refractivity contribution is -0.115. The second kappa shape index (κ2) is 6.83. The smallest absolute Gasteiger partial charge is 0.253 e. The molecule has 1 aromatic heterocycles. The Morgan fingerprint density at radius 3 is 2.83 bits per heavy atom. The van der Waals surface area contributed by atoms with Gasteiger partial charge in [0.05, 0.1) is 5.25 Å². The Bertz CT molecular complexity index is 823. The number of carbonyl (C=O) groups is 1. The Morgan fingerprint density at radius 2 is 2.08 bits per heavy atom. The van der Waals surface area contributed by atoms with Crippen LogP contribution in [0.1, 0.15) is 6.92 Å². The van der Waals surface area contributed by atoms with Crippen LogP contribution in [-0.4, -0.2) is 34.3 Å². The normalized spacial score (nSPS) is 14.0. The minimum atomic E-state index is -0.483. The second-order valence-corrected chi connectivity index (χ2v) is 6.41. The molecule has 1 unspecified atom stereocenters. The van der Waals surface area contributed by atoms with Gasteiger partial charge < -0.3 is 25.5 Å². The van der Waals surface area contributed by atoms with Gasteiger partial charge in [0, 0.05) is 17.8 Å². The van der Waals surface area contributed by atoms with Crippen LogP contribution in [0.4, 0.5) is 11.5 Å². The number of aromatic nitrogens is 2. The van der Waals surface area contributed by atoms with Gasteiger partial charge in [0.15, 0.2) is 16.7 Å². The van der Waals surface area contributed by atoms with Crippen molar-refractivity contribution < 1.29 is 14.3 Å². The topological polar surface area (TPSA) is 119 Å². The number of anilines is 2. The SMILES string of the molecule is CC(Sc1nc(N)cc(=O)[nH]1)C(=O)Nc1ccc2c(c1)OCCO2. The first-order chi connectivity index (χ1) is 11.5. The Labute approximate surface area is 141 Å². The predicted molar refractivity (Wildman–Crippen MR) is 90.7 cm³/mol. The number of H-pyrrole nitrogens is 1. The van der Waals surface area contributed by atoms with Gasteiger partial charge >= 0.3 is 0 Å². The minimum absolute atomic E-state index is 0.112. The largest absolute Gasteiger partial charge is 0.486 e. The molecule has 2 heterocycles. The molecule has 8 nitrogen and oxygen atoms in total. The number of aromatic amines is 1. The number of nitrogens with two attached hydrogens (primary N) is 1. The summed E-state index contributed by atoms with van der Waals surface area (Å²) in [6.45, 7) is 2.70. The van der Waals surface area contributed by atoms with Crippen molar-refractivity contribution in [2.45, 2.75) is 17.3 Å². The van der Waals surface area contributed by atoms with Crippen LogP contribution in [0.25, 0.3) is 0 Å². The fourth-order valence-corrected chi connectivity index (χ4v) is 2.91. The molecule has 1 aliphatic rings. The van der Waals surface area contributed by atoms with E-state index in [1.165, 1.54) is 6.07 Å². The van der Waals surface area contributed by atoms with Crippen molar-refractivity contribution in [3.63, 3.8) is 0 Å². The van der Waals surface area contributed by atoms with Crippen LogP contribution in [0.3, 0.4) is 0 Å². The van der Waals surface area contributed by atoms with Crippen molar-refractivity contribution in [1.29, 1.82) is 0 Å². The molecule has 1 aromatic carbocycles. The first kappa shape index (κ1) is 16.2. The average Bonchev–Trinajstić information content (AvgIpc) is 2.53. The van der Waals surface area contributed by atoms with Gasteiger partial charge in [-0.1, -0.05) is 11.8 Å². The molecular formula is C15H16N4O4S. The summed E-state index contributed by atoms with van der Waals surface area (Å²) in [6.07, 6.45) is 0. The quantitative estimate of drug-likeness (QED) is 0.562. The van der Waals surface area contributed by atoms with E-state index in [1.54, 1.807) is 25.1 Å². The molecule has 0 saturated carbocycles. The monoisotopic (exact) mass is 348 g/mol. The van der Waals surface area contributed by atoms with E-state index in [2.05, 4.69) is 15.3 Å². The van der Waals surface area contributed by atoms with Crippen molar-refractivity contribution >= 4 is 29.2 Å². The van der Waals surface area contributed by atoms with Crippen molar-refractivity contribution in [1.82, 2.24) is 9.97 Å². The summed E-state index contributed by atoms with van der Waals surface area (Å²) in [5.41, 5.74) is 5.77. The lowest BCUT2D eigenvalue weighted by atomic mass is 10.2. The molecule has 3 rings (SSSR count). The summed E-state index contributed by atoms with van der Waals surface area (Å²) in [5.74, 6) is 1.13. The molecule has 1 atom stereocenters. The number of nitrogen functional groups attached to an aromatic ring is 1. The number of fused-ring (bicyclic) bond motifs is 1. The summed E-state index contributed by atoms with van der Waals surface area (Å²) < 4.78 is 10.9. The zero-order chi connectivity index (χ0) is 17.1. The van der Waals surface area contributed by atoms with Gasteiger partial charge in [-0.2, -0.15) is 0 Å². The number of hydrogen-bond acceptors (Lipinski definition) is 7. The number of nitrogens with one attached hydrogen (secondary N) is 2. The van der Waals surface area contributed by atoms with Gasteiger partial charge in [0.25, 0.3) is 5.56 Å². The molecule has 126 valence electrons. The zero-order valence-electron chi connectivity index (χ0n) is 12.9. The van der Waals surface area contributed by atoms with Crippen LogP contribution in [0.2, 0.25) is 0 Å². The van der Waals surface area contributed by atoms with Crippen LogP contribution >= 0.6 is 11.8 Å². The van der Waals surface area contributed by atoms with Gasteiger partial charge in [-0.05, 0) is 19.1 Å². The number of nitrogens with zero attached hydrogens (tertiary/aromatic N) is 1. The van der Waals surface area contributed by atoms with Gasteiger partial charge in [-0.3, -0.25) is 9.59 Å². The van der Waals surface area contributed by atoms with E-state index in [9.17, 15) is 9.59 Å². The van der Waals surface area contributed by atoms with Crippen molar-refractivity contribution in [3.8, 4) is 11.5 Å². The highest BCUT2D eigenvalue weighted by molar-refractivity contribution is 8.00. The molecule has 1 aliphatic heterocycles. The first-order valence-electron chi connectivity index (χ1n) is 7.25. The number of carbonyl (C=O) groups excluding carboxylic acids is 1. The lowest BCUT2D eigenvalue weighted by Crippen LogP contribution is -2.23. The molecule has 0 fully saturated rings. The van der Waals surface area contributed by atoms with Gasteiger partial charge in [0.2, 0.25) is 5.91 Å². The molecule has 0 saturated heterocycles. The average molecular weight is 348 g/mol. The highest BCUT2D eigenvalue weighted by Gasteiger charge is 2.18. The molecular weight excluding hydrogens is 332 g/mol. The molecule has 2 aromatic rings. The van der Waals surface area contributed by atoms with Crippen molar-refractivity contribution in [3.05, 3.63) is 34.6 Å². The molecule has 24 heavy (non-hydrogen) atoms. The highest BCUT2D eigenvalue weighted by atomic mass is 32.2. The number of ether oxygens (including phenoxy) is 2. The maximum Gasteiger partial charge on any atom is 0.253 e. The van der Waals surface area contributed by atoms with E-state index in [1.807, 2.05) is 0 Å². The van der Waals surface area contributed by atoms with Gasteiger partial charge in [0.1, 0.15) is 19.0 Å². The highest BCUT2D eigenvalue weighted by Crippen LogP contribution is 2.32. The number of benzene rings is 1. The Kier molecular flexibility index (Phi) is 4.61. The van der Waals surface area contributed by atoms with Crippen molar-refractivity contribution in [2.24, 2.45) is 0 Å². The summed E-state index contributed by atoms with van der Waals surface area (Å²) in [6, 6.07) is 6.39. The Morgan fingerprint density at radius 1 is 1.33 bits per heavy atom. The minimum Gasteiger partial charge on any atom is -0.486 e. The van der Waals surface area contributed by atoms with E-state index in [0.29, 0.717) is 35.6 Å². The molecule has 0 radical (unpaired) electrons. The number of hydrogen-bond donors (Lipinski definition) is 3. The summed E-state index contributed by atoms with van der Waals surface area (Å²) in [7, 11) is 0. The summed E-state index contributed by atoms with van der Waals surface area (Å²) in [5, 5.41) is 2.61.